The van der Waals surface area contributed by atoms with E-state index in [9.17, 15) is 31.2 Å². The van der Waals surface area contributed by atoms with Crippen molar-refractivity contribution >= 4 is 39.1 Å². The van der Waals surface area contributed by atoms with Gasteiger partial charge in [-0.2, -0.15) is 13.2 Å². The number of carbonyl (C=O) groups excluding carboxylic acids is 2. The van der Waals surface area contributed by atoms with Gasteiger partial charge in [0.1, 0.15) is 12.6 Å². The van der Waals surface area contributed by atoms with Crippen LogP contribution in [0.2, 0.25) is 5.02 Å². The molecule has 2 aromatic rings. The molecule has 0 saturated carbocycles. The van der Waals surface area contributed by atoms with Crippen molar-refractivity contribution in [1.29, 1.82) is 0 Å². The van der Waals surface area contributed by atoms with Gasteiger partial charge in [-0.15, -0.1) is 0 Å². The molecule has 0 aliphatic carbocycles. The maximum atomic E-state index is 13.4. The van der Waals surface area contributed by atoms with Gasteiger partial charge in [-0.05, 0) is 50.5 Å². The molecule has 204 valence electrons. The van der Waals surface area contributed by atoms with Crippen molar-refractivity contribution in [2.24, 2.45) is 0 Å². The summed E-state index contributed by atoms with van der Waals surface area (Å²) < 4.78 is 65.9. The number of hydrogen-bond donors (Lipinski definition) is 1. The zero-order chi connectivity index (χ0) is 28.0. The normalized spacial score (nSPS) is 13.5. The lowest BCUT2D eigenvalue weighted by Crippen LogP contribution is -2.53. The number of carbonyl (C=O) groups is 2. The fourth-order valence-corrected chi connectivity index (χ4v) is 4.60. The van der Waals surface area contributed by atoms with Gasteiger partial charge in [0.15, 0.2) is 0 Å². The van der Waals surface area contributed by atoms with Crippen LogP contribution in [0.4, 0.5) is 18.9 Å². The number of alkyl halides is 3. The number of nitrogens with zero attached hydrogens (tertiary/aromatic N) is 2. The van der Waals surface area contributed by atoms with Gasteiger partial charge in [0.2, 0.25) is 21.8 Å². The Labute approximate surface area is 220 Å². The van der Waals surface area contributed by atoms with Crippen LogP contribution in [-0.2, 0) is 32.2 Å². The van der Waals surface area contributed by atoms with Crippen molar-refractivity contribution in [2.45, 2.75) is 51.9 Å². The minimum absolute atomic E-state index is 0.0873. The first-order chi connectivity index (χ1) is 17.1. The van der Waals surface area contributed by atoms with Gasteiger partial charge in [-0.25, -0.2) is 8.42 Å². The van der Waals surface area contributed by atoms with E-state index in [4.69, 9.17) is 11.6 Å². The molecule has 0 aromatic heterocycles. The van der Waals surface area contributed by atoms with Gasteiger partial charge in [0.25, 0.3) is 0 Å². The third-order valence-electron chi connectivity index (χ3n) is 5.88. The van der Waals surface area contributed by atoms with E-state index in [0.717, 1.165) is 24.0 Å². The summed E-state index contributed by atoms with van der Waals surface area (Å²) in [6.45, 7) is 4.51. The summed E-state index contributed by atoms with van der Waals surface area (Å²) in [7, 11) is -4.18. The van der Waals surface area contributed by atoms with Gasteiger partial charge in [0.05, 0.1) is 22.5 Å². The second-order valence-corrected chi connectivity index (χ2v) is 11.1. The van der Waals surface area contributed by atoms with Gasteiger partial charge in [-0.1, -0.05) is 48.9 Å². The lowest BCUT2D eigenvalue weighted by molar-refractivity contribution is -0.139. The third-order valence-corrected chi connectivity index (χ3v) is 7.35. The molecular weight excluding hydrogens is 531 g/mol. The highest BCUT2D eigenvalue weighted by atomic mass is 35.5. The number of anilines is 1. The second kappa shape index (κ2) is 12.6. The second-order valence-electron chi connectivity index (χ2n) is 8.75. The Morgan fingerprint density at radius 1 is 1.08 bits per heavy atom. The van der Waals surface area contributed by atoms with Gasteiger partial charge in [0, 0.05) is 12.6 Å². The van der Waals surface area contributed by atoms with Gasteiger partial charge < -0.3 is 10.2 Å². The maximum absolute atomic E-state index is 13.4. The fraction of sp³-hybridized carbons (Fsp3) is 0.440. The minimum atomic E-state index is -4.83. The molecule has 2 rings (SSSR count). The fourth-order valence-electron chi connectivity index (χ4n) is 3.53. The molecule has 37 heavy (non-hydrogen) atoms. The number of amides is 2. The number of hydrogen-bond acceptors (Lipinski definition) is 4. The van der Waals surface area contributed by atoms with Crippen LogP contribution in [0.25, 0.3) is 0 Å². The summed E-state index contributed by atoms with van der Waals surface area (Å²) in [5.41, 5.74) is -0.704. The Bertz CT molecular complexity index is 1190. The first-order valence-electron chi connectivity index (χ1n) is 11.6. The molecule has 0 spiro atoms. The van der Waals surface area contributed by atoms with Crippen molar-refractivity contribution in [2.75, 3.05) is 23.7 Å². The molecule has 1 N–H and O–H groups in total. The molecule has 2 atom stereocenters. The Balaban J connectivity index is 2.40. The molecule has 0 heterocycles. The lowest BCUT2D eigenvalue weighted by atomic mass is 10.1. The monoisotopic (exact) mass is 561 g/mol. The first-order valence-corrected chi connectivity index (χ1v) is 13.9. The molecular formula is C25H31ClF3N3O4S. The van der Waals surface area contributed by atoms with Crippen LogP contribution in [0.3, 0.4) is 0 Å². The minimum Gasteiger partial charge on any atom is -0.352 e. The Kier molecular flexibility index (Phi) is 10.4. The van der Waals surface area contributed by atoms with Crippen LogP contribution < -0.4 is 9.62 Å². The number of halogens is 4. The quantitative estimate of drug-likeness (QED) is 0.438. The maximum Gasteiger partial charge on any atom is 0.417 e. The summed E-state index contributed by atoms with van der Waals surface area (Å²) in [4.78, 5) is 27.5. The first kappa shape index (κ1) is 30.4. The standard InChI is InChI=1S/C25H31ClF3N3O4S/c1-5-17(2)30-24(34)18(3)31(14-13-19-9-7-6-8-10-19)23(33)16-32(37(4,35)36)20-11-12-22(26)21(15-20)25(27,28)29/h6-12,15,17-18H,5,13-14,16H2,1-4H3,(H,30,34)/t17-,18+/m1/s1. The van der Waals surface area contributed by atoms with E-state index in [-0.39, 0.29) is 18.3 Å². The molecule has 0 aliphatic rings. The molecule has 0 saturated heterocycles. The predicted octanol–water partition coefficient (Wildman–Crippen LogP) is 4.50. The molecule has 0 radical (unpaired) electrons. The molecule has 0 bridgehead atoms. The van der Waals surface area contributed by atoms with E-state index in [1.807, 2.05) is 44.2 Å². The molecule has 12 heteroatoms. The van der Waals surface area contributed by atoms with Crippen LogP contribution in [0.5, 0.6) is 0 Å². The van der Waals surface area contributed by atoms with Crippen LogP contribution in [0.15, 0.2) is 48.5 Å². The summed E-state index contributed by atoms with van der Waals surface area (Å²) in [5, 5.41) is 2.20. The van der Waals surface area contributed by atoms with E-state index in [0.29, 0.717) is 23.2 Å². The average molecular weight is 562 g/mol. The Morgan fingerprint density at radius 3 is 2.24 bits per heavy atom. The number of nitrogens with one attached hydrogen (secondary N) is 1. The van der Waals surface area contributed by atoms with Gasteiger partial charge in [-0.3, -0.25) is 13.9 Å². The van der Waals surface area contributed by atoms with Crippen molar-refractivity contribution in [1.82, 2.24) is 10.2 Å². The number of benzene rings is 2. The van der Waals surface area contributed by atoms with Crippen LogP contribution in [-0.4, -0.2) is 56.6 Å². The van der Waals surface area contributed by atoms with Crippen molar-refractivity contribution in [3.05, 3.63) is 64.7 Å². The summed E-state index contributed by atoms with van der Waals surface area (Å²) in [6.07, 6.45) is -3.00. The largest absolute Gasteiger partial charge is 0.417 e. The smallest absolute Gasteiger partial charge is 0.352 e. The zero-order valence-corrected chi connectivity index (χ0v) is 22.6. The molecule has 2 amide bonds. The highest BCUT2D eigenvalue weighted by molar-refractivity contribution is 7.92. The number of rotatable bonds is 11. The molecule has 0 aliphatic heterocycles. The Morgan fingerprint density at radius 2 is 1.70 bits per heavy atom. The predicted molar refractivity (Wildman–Crippen MR) is 138 cm³/mol. The molecule has 0 unspecified atom stereocenters. The van der Waals surface area contributed by atoms with Crippen molar-refractivity contribution in [3.63, 3.8) is 0 Å². The Hall–Kier alpha value is -2.79. The summed E-state index contributed by atoms with van der Waals surface area (Å²) in [6, 6.07) is 10.7. The van der Waals surface area contributed by atoms with Gasteiger partial charge >= 0.3 is 6.18 Å². The molecule has 0 fully saturated rings. The van der Waals surface area contributed by atoms with E-state index in [1.165, 1.54) is 11.8 Å². The SMILES string of the molecule is CC[C@@H](C)NC(=O)[C@H](C)N(CCc1ccccc1)C(=O)CN(c1ccc(Cl)c(C(F)(F)F)c1)S(C)(=O)=O. The number of sulfonamides is 1. The van der Waals surface area contributed by atoms with Crippen LogP contribution in [0, 0.1) is 0 Å². The molecule has 7 nitrogen and oxygen atoms in total. The zero-order valence-electron chi connectivity index (χ0n) is 21.0. The third kappa shape index (κ3) is 8.63. The van der Waals surface area contributed by atoms with E-state index in [1.54, 1.807) is 0 Å². The molecule has 2 aromatic carbocycles. The van der Waals surface area contributed by atoms with Crippen LogP contribution in [0.1, 0.15) is 38.3 Å². The van der Waals surface area contributed by atoms with E-state index in [2.05, 4.69) is 5.32 Å². The van der Waals surface area contributed by atoms with Crippen molar-refractivity contribution in [3.8, 4) is 0 Å². The summed E-state index contributed by atoms with van der Waals surface area (Å²) in [5.74, 6) is -1.16. The van der Waals surface area contributed by atoms with E-state index < -0.39 is 51.2 Å². The van der Waals surface area contributed by atoms with Crippen LogP contribution >= 0.6 is 11.6 Å². The van der Waals surface area contributed by atoms with Crippen molar-refractivity contribution < 1.29 is 31.2 Å². The highest BCUT2D eigenvalue weighted by Gasteiger charge is 2.35. The summed E-state index contributed by atoms with van der Waals surface area (Å²) >= 11 is 5.68. The average Bonchev–Trinajstić information content (AvgIpc) is 2.82. The lowest BCUT2D eigenvalue weighted by Gasteiger charge is -2.32. The topological polar surface area (TPSA) is 86.8 Å². The highest BCUT2D eigenvalue weighted by Crippen LogP contribution is 2.37. The van der Waals surface area contributed by atoms with E-state index >= 15 is 0 Å².